The van der Waals surface area contributed by atoms with E-state index >= 15 is 0 Å². The van der Waals surface area contributed by atoms with E-state index in [-0.39, 0.29) is 5.84 Å². The highest BCUT2D eigenvalue weighted by atomic mass is 16.4. The molecule has 0 spiro atoms. The van der Waals surface area contributed by atoms with E-state index in [1.807, 2.05) is 38.4 Å². The Morgan fingerprint density at radius 3 is 2.35 bits per heavy atom. The van der Waals surface area contributed by atoms with E-state index in [1.165, 1.54) is 5.56 Å². The summed E-state index contributed by atoms with van der Waals surface area (Å²) in [5, 5.41) is 11.9. The van der Waals surface area contributed by atoms with Crippen LogP contribution >= 0.6 is 0 Å². The van der Waals surface area contributed by atoms with Crippen LogP contribution in [0.2, 0.25) is 0 Å². The minimum Gasteiger partial charge on any atom is -0.409 e. The van der Waals surface area contributed by atoms with Crippen LogP contribution in [0.4, 0.5) is 0 Å². The van der Waals surface area contributed by atoms with Gasteiger partial charge in [0, 0.05) is 12.1 Å². The van der Waals surface area contributed by atoms with Crippen molar-refractivity contribution in [3.8, 4) is 11.1 Å². The number of rotatable bonds is 4. The van der Waals surface area contributed by atoms with Crippen LogP contribution in [0.3, 0.4) is 0 Å². The van der Waals surface area contributed by atoms with Crippen molar-refractivity contribution < 1.29 is 5.21 Å². The molecule has 0 saturated carbocycles. The fourth-order valence-electron chi connectivity index (χ4n) is 2.17. The van der Waals surface area contributed by atoms with Crippen molar-refractivity contribution in [1.29, 1.82) is 0 Å². The van der Waals surface area contributed by atoms with E-state index in [2.05, 4.69) is 34.3 Å². The van der Waals surface area contributed by atoms with Gasteiger partial charge in [0.25, 0.3) is 0 Å². The molecule has 2 aromatic rings. The van der Waals surface area contributed by atoms with Crippen molar-refractivity contribution in [3.63, 3.8) is 0 Å². The lowest BCUT2D eigenvalue weighted by molar-refractivity contribution is 0.318. The van der Waals surface area contributed by atoms with Crippen LogP contribution in [-0.4, -0.2) is 30.0 Å². The van der Waals surface area contributed by atoms with E-state index < -0.39 is 0 Å². The largest absolute Gasteiger partial charge is 0.409 e. The summed E-state index contributed by atoms with van der Waals surface area (Å²) in [5.74, 6) is 0.123. The Labute approximate surface area is 119 Å². The van der Waals surface area contributed by atoms with Gasteiger partial charge in [-0.05, 0) is 30.8 Å². The molecule has 0 atom stereocenters. The van der Waals surface area contributed by atoms with Crippen molar-refractivity contribution >= 4 is 5.84 Å². The first-order chi connectivity index (χ1) is 9.61. The number of benzene rings is 2. The summed E-state index contributed by atoms with van der Waals surface area (Å²) in [5.41, 5.74) is 9.71. The van der Waals surface area contributed by atoms with Crippen LogP contribution in [0.1, 0.15) is 11.1 Å². The molecule has 0 aliphatic carbocycles. The third-order valence-electron chi connectivity index (χ3n) is 3.07. The molecular weight excluding hydrogens is 250 g/mol. The summed E-state index contributed by atoms with van der Waals surface area (Å²) in [6, 6.07) is 15.9. The molecule has 2 aromatic carbocycles. The summed E-state index contributed by atoms with van der Waals surface area (Å²) in [6.07, 6.45) is 0. The lowest BCUT2D eigenvalue weighted by atomic mass is 9.98. The Kier molecular flexibility index (Phi) is 4.38. The summed E-state index contributed by atoms with van der Waals surface area (Å²) in [7, 11) is 4.09. The molecule has 0 aliphatic heterocycles. The van der Waals surface area contributed by atoms with Gasteiger partial charge < -0.3 is 15.8 Å². The molecule has 0 radical (unpaired) electrons. The molecule has 0 heterocycles. The summed E-state index contributed by atoms with van der Waals surface area (Å²) >= 11 is 0. The molecule has 2 rings (SSSR count). The number of nitrogens with two attached hydrogens (primary N) is 1. The molecular formula is C16H19N3O. The molecule has 0 aliphatic rings. The first-order valence-electron chi connectivity index (χ1n) is 6.43. The minimum atomic E-state index is 0.123. The first-order valence-corrected chi connectivity index (χ1v) is 6.43. The maximum atomic E-state index is 8.86. The number of hydrogen-bond acceptors (Lipinski definition) is 3. The molecule has 3 N–H and O–H groups in total. The molecule has 0 amide bonds. The second kappa shape index (κ2) is 6.21. The van der Waals surface area contributed by atoms with Gasteiger partial charge in [0.05, 0.1) is 0 Å². The first kappa shape index (κ1) is 14.1. The molecule has 4 heteroatoms. The topological polar surface area (TPSA) is 61.8 Å². The Bertz CT molecular complexity index is 603. The van der Waals surface area contributed by atoms with Gasteiger partial charge in [-0.25, -0.2) is 0 Å². The SMILES string of the molecule is CN(C)Cc1ccc(-c2ccccc2/C(N)=N/O)cc1. The molecule has 0 saturated heterocycles. The summed E-state index contributed by atoms with van der Waals surface area (Å²) in [4.78, 5) is 2.12. The maximum Gasteiger partial charge on any atom is 0.170 e. The zero-order valence-electron chi connectivity index (χ0n) is 11.7. The van der Waals surface area contributed by atoms with Crippen LogP contribution < -0.4 is 5.73 Å². The zero-order valence-corrected chi connectivity index (χ0v) is 11.7. The van der Waals surface area contributed by atoms with Gasteiger partial charge in [-0.1, -0.05) is 53.7 Å². The van der Waals surface area contributed by atoms with Gasteiger partial charge in [-0.3, -0.25) is 0 Å². The van der Waals surface area contributed by atoms with Crippen molar-refractivity contribution in [2.75, 3.05) is 14.1 Å². The highest BCUT2D eigenvalue weighted by Gasteiger charge is 2.08. The predicted molar refractivity (Wildman–Crippen MR) is 81.8 cm³/mol. The molecule has 0 fully saturated rings. The quantitative estimate of drug-likeness (QED) is 0.388. The highest BCUT2D eigenvalue weighted by Crippen LogP contribution is 2.24. The van der Waals surface area contributed by atoms with E-state index in [1.54, 1.807) is 0 Å². The average molecular weight is 269 g/mol. The smallest absolute Gasteiger partial charge is 0.170 e. The zero-order chi connectivity index (χ0) is 14.5. The Balaban J connectivity index is 2.37. The van der Waals surface area contributed by atoms with Gasteiger partial charge in [0.15, 0.2) is 5.84 Å². The average Bonchev–Trinajstić information content (AvgIpc) is 2.46. The van der Waals surface area contributed by atoms with Crippen molar-refractivity contribution in [2.24, 2.45) is 10.9 Å². The monoisotopic (exact) mass is 269 g/mol. The predicted octanol–water partition coefficient (Wildman–Crippen LogP) is 2.51. The second-order valence-corrected chi connectivity index (χ2v) is 4.97. The standard InChI is InChI=1S/C16H19N3O/c1-19(2)11-12-7-9-13(10-8-12)14-5-3-4-6-15(14)16(17)18-20/h3-10,20H,11H2,1-2H3,(H2,17,18). The van der Waals surface area contributed by atoms with Crippen molar-refractivity contribution in [3.05, 3.63) is 59.7 Å². The van der Waals surface area contributed by atoms with E-state index in [0.717, 1.165) is 23.2 Å². The van der Waals surface area contributed by atoms with Gasteiger partial charge in [0.1, 0.15) is 0 Å². The number of nitrogens with zero attached hydrogens (tertiary/aromatic N) is 2. The second-order valence-electron chi connectivity index (χ2n) is 4.97. The van der Waals surface area contributed by atoms with E-state index in [4.69, 9.17) is 10.9 Å². The fourth-order valence-corrected chi connectivity index (χ4v) is 2.17. The van der Waals surface area contributed by atoms with Gasteiger partial charge >= 0.3 is 0 Å². The number of amidine groups is 1. The lowest BCUT2D eigenvalue weighted by Gasteiger charge is -2.11. The molecule has 4 nitrogen and oxygen atoms in total. The minimum absolute atomic E-state index is 0.123. The van der Waals surface area contributed by atoms with Gasteiger partial charge in [-0.15, -0.1) is 0 Å². The summed E-state index contributed by atoms with van der Waals surface area (Å²) in [6.45, 7) is 0.905. The lowest BCUT2D eigenvalue weighted by Crippen LogP contribution is -2.14. The van der Waals surface area contributed by atoms with Gasteiger partial charge in [0.2, 0.25) is 0 Å². The fraction of sp³-hybridized carbons (Fsp3) is 0.188. The van der Waals surface area contributed by atoms with E-state index in [0.29, 0.717) is 0 Å². The number of oxime groups is 1. The molecule has 0 unspecified atom stereocenters. The molecule has 0 bridgehead atoms. The van der Waals surface area contributed by atoms with Crippen LogP contribution in [0.15, 0.2) is 53.7 Å². The summed E-state index contributed by atoms with van der Waals surface area (Å²) < 4.78 is 0. The van der Waals surface area contributed by atoms with Crippen LogP contribution in [-0.2, 0) is 6.54 Å². The normalized spacial score (nSPS) is 11.8. The third-order valence-corrected chi connectivity index (χ3v) is 3.07. The number of hydrogen-bond donors (Lipinski definition) is 2. The molecule has 20 heavy (non-hydrogen) atoms. The Hall–Kier alpha value is -2.33. The van der Waals surface area contributed by atoms with Crippen LogP contribution in [0.5, 0.6) is 0 Å². The molecule has 0 aromatic heterocycles. The maximum absolute atomic E-state index is 8.86. The Morgan fingerprint density at radius 2 is 1.75 bits per heavy atom. The van der Waals surface area contributed by atoms with Crippen LogP contribution in [0.25, 0.3) is 11.1 Å². The van der Waals surface area contributed by atoms with Crippen molar-refractivity contribution in [1.82, 2.24) is 4.90 Å². The van der Waals surface area contributed by atoms with Crippen LogP contribution in [0, 0.1) is 0 Å². The molecule has 104 valence electrons. The van der Waals surface area contributed by atoms with Crippen molar-refractivity contribution in [2.45, 2.75) is 6.54 Å². The third kappa shape index (κ3) is 3.16. The van der Waals surface area contributed by atoms with E-state index in [9.17, 15) is 0 Å². The van der Waals surface area contributed by atoms with Gasteiger partial charge in [-0.2, -0.15) is 0 Å². The highest BCUT2D eigenvalue weighted by molar-refractivity contribution is 6.03. The Morgan fingerprint density at radius 1 is 1.10 bits per heavy atom.